The lowest BCUT2D eigenvalue weighted by Crippen LogP contribution is -2.23. The number of aryl methyl sites for hydroxylation is 1. The molecule has 0 radical (unpaired) electrons. The Morgan fingerprint density at radius 1 is 1.04 bits per heavy atom. The van der Waals surface area contributed by atoms with E-state index in [4.69, 9.17) is 14.5 Å². The second-order valence-corrected chi connectivity index (χ2v) is 7.22. The van der Waals surface area contributed by atoms with E-state index in [1.165, 1.54) is 32.1 Å². The summed E-state index contributed by atoms with van der Waals surface area (Å²) in [5, 5.41) is 3.81. The van der Waals surface area contributed by atoms with E-state index in [1.807, 2.05) is 18.2 Å². The molecule has 1 N–H and O–H groups in total. The van der Waals surface area contributed by atoms with Crippen molar-refractivity contribution in [1.82, 2.24) is 9.38 Å². The zero-order valence-corrected chi connectivity index (χ0v) is 16.3. The third-order valence-corrected chi connectivity index (χ3v) is 5.45. The predicted octanol–water partition coefficient (Wildman–Crippen LogP) is 5.07. The van der Waals surface area contributed by atoms with Crippen LogP contribution in [-0.4, -0.2) is 29.6 Å². The SMILES string of the molecule is COc1ccc(-c2nc3cccc(C)n3c2NC2CCCCC2)c(OC)c1. The largest absolute Gasteiger partial charge is 0.497 e. The molecule has 0 amide bonds. The minimum absolute atomic E-state index is 0.487. The molecule has 1 aliphatic carbocycles. The molecule has 1 saturated carbocycles. The molecular formula is C22H27N3O2. The normalized spacial score (nSPS) is 15.1. The van der Waals surface area contributed by atoms with Crippen molar-refractivity contribution >= 4 is 11.5 Å². The Bertz CT molecular complexity index is 942. The zero-order chi connectivity index (χ0) is 18.8. The highest BCUT2D eigenvalue weighted by Crippen LogP contribution is 2.38. The molecule has 1 aliphatic rings. The summed E-state index contributed by atoms with van der Waals surface area (Å²) in [5.74, 6) is 2.60. The van der Waals surface area contributed by atoms with Gasteiger partial charge in [0.15, 0.2) is 0 Å². The number of benzene rings is 1. The lowest BCUT2D eigenvalue weighted by atomic mass is 9.95. The van der Waals surface area contributed by atoms with Crippen molar-refractivity contribution in [2.45, 2.75) is 45.1 Å². The summed E-state index contributed by atoms with van der Waals surface area (Å²) in [5.41, 5.74) is 4.01. The number of aromatic nitrogens is 2. The maximum atomic E-state index is 5.66. The van der Waals surface area contributed by atoms with Crippen molar-refractivity contribution in [2.75, 3.05) is 19.5 Å². The van der Waals surface area contributed by atoms with Crippen molar-refractivity contribution in [3.05, 3.63) is 42.1 Å². The quantitative estimate of drug-likeness (QED) is 0.686. The van der Waals surface area contributed by atoms with Crippen LogP contribution in [0, 0.1) is 6.92 Å². The molecule has 4 rings (SSSR count). The van der Waals surface area contributed by atoms with Gasteiger partial charge in [0.05, 0.1) is 14.2 Å². The maximum absolute atomic E-state index is 5.66. The topological polar surface area (TPSA) is 47.8 Å². The number of fused-ring (bicyclic) bond motifs is 1. The van der Waals surface area contributed by atoms with Crippen LogP contribution in [0.1, 0.15) is 37.8 Å². The highest BCUT2D eigenvalue weighted by Gasteiger charge is 2.22. The number of imidazole rings is 1. The summed E-state index contributed by atoms with van der Waals surface area (Å²) in [6.07, 6.45) is 6.32. The third-order valence-electron chi connectivity index (χ3n) is 5.45. The van der Waals surface area contributed by atoms with Crippen LogP contribution in [0.25, 0.3) is 16.9 Å². The number of hydrogen-bond acceptors (Lipinski definition) is 4. The predicted molar refractivity (Wildman–Crippen MR) is 109 cm³/mol. The molecule has 0 aliphatic heterocycles. The van der Waals surface area contributed by atoms with Crippen molar-refractivity contribution in [2.24, 2.45) is 0 Å². The van der Waals surface area contributed by atoms with E-state index in [0.717, 1.165) is 39.9 Å². The molecule has 2 heterocycles. The summed E-state index contributed by atoms with van der Waals surface area (Å²) >= 11 is 0. The summed E-state index contributed by atoms with van der Waals surface area (Å²) in [6.45, 7) is 2.12. The van der Waals surface area contributed by atoms with Gasteiger partial charge in [0.2, 0.25) is 0 Å². The highest BCUT2D eigenvalue weighted by atomic mass is 16.5. The second-order valence-electron chi connectivity index (χ2n) is 7.22. The van der Waals surface area contributed by atoms with Crippen molar-refractivity contribution in [3.63, 3.8) is 0 Å². The molecule has 3 aromatic rings. The number of hydrogen-bond donors (Lipinski definition) is 1. The van der Waals surface area contributed by atoms with E-state index in [0.29, 0.717) is 6.04 Å². The van der Waals surface area contributed by atoms with Gasteiger partial charge >= 0.3 is 0 Å². The van der Waals surface area contributed by atoms with E-state index in [2.05, 4.69) is 34.8 Å². The number of methoxy groups -OCH3 is 2. The molecule has 0 atom stereocenters. The Morgan fingerprint density at radius 2 is 1.85 bits per heavy atom. The number of nitrogens with zero attached hydrogens (tertiary/aromatic N) is 2. The van der Waals surface area contributed by atoms with Crippen molar-refractivity contribution < 1.29 is 9.47 Å². The molecule has 2 aromatic heterocycles. The molecule has 0 spiro atoms. The number of rotatable bonds is 5. The maximum Gasteiger partial charge on any atom is 0.139 e. The molecule has 1 fully saturated rings. The average molecular weight is 365 g/mol. The van der Waals surface area contributed by atoms with Crippen LogP contribution < -0.4 is 14.8 Å². The van der Waals surface area contributed by atoms with Gasteiger partial charge in [-0.25, -0.2) is 4.98 Å². The highest BCUT2D eigenvalue weighted by molar-refractivity contribution is 5.81. The van der Waals surface area contributed by atoms with Gasteiger partial charge in [0.25, 0.3) is 0 Å². The number of ether oxygens (including phenoxy) is 2. The summed E-state index contributed by atoms with van der Waals surface area (Å²) in [7, 11) is 3.35. The Kier molecular flexibility index (Phi) is 4.92. The molecule has 0 saturated heterocycles. The first kappa shape index (κ1) is 17.7. The van der Waals surface area contributed by atoms with Gasteiger partial charge in [0, 0.05) is 23.4 Å². The summed E-state index contributed by atoms with van der Waals surface area (Å²) in [6, 6.07) is 12.6. The van der Waals surface area contributed by atoms with E-state index in [-0.39, 0.29) is 0 Å². The zero-order valence-electron chi connectivity index (χ0n) is 16.3. The van der Waals surface area contributed by atoms with Gasteiger partial charge in [0.1, 0.15) is 28.7 Å². The Morgan fingerprint density at radius 3 is 2.59 bits per heavy atom. The summed E-state index contributed by atoms with van der Waals surface area (Å²) < 4.78 is 13.2. The molecular weight excluding hydrogens is 338 g/mol. The fourth-order valence-corrected chi connectivity index (χ4v) is 4.01. The lowest BCUT2D eigenvalue weighted by Gasteiger charge is -2.24. The molecule has 142 valence electrons. The van der Waals surface area contributed by atoms with Crippen molar-refractivity contribution in [3.8, 4) is 22.8 Å². The third kappa shape index (κ3) is 3.34. The first-order valence-corrected chi connectivity index (χ1v) is 9.68. The standard InChI is InChI=1S/C22H27N3O2/c1-15-8-7-11-20-24-21(18-13-12-17(26-2)14-19(18)27-3)22(25(15)20)23-16-9-5-4-6-10-16/h7-8,11-14,16,23H,4-6,9-10H2,1-3H3. The smallest absolute Gasteiger partial charge is 0.139 e. The minimum Gasteiger partial charge on any atom is -0.497 e. The molecule has 0 unspecified atom stereocenters. The van der Waals surface area contributed by atoms with E-state index in [1.54, 1.807) is 14.2 Å². The van der Waals surface area contributed by atoms with E-state index in [9.17, 15) is 0 Å². The second kappa shape index (κ2) is 7.51. The molecule has 5 heteroatoms. The van der Waals surface area contributed by atoms with E-state index >= 15 is 0 Å². The minimum atomic E-state index is 0.487. The van der Waals surface area contributed by atoms with Crippen LogP contribution in [0.15, 0.2) is 36.4 Å². The van der Waals surface area contributed by atoms with Crippen LogP contribution >= 0.6 is 0 Å². The molecule has 5 nitrogen and oxygen atoms in total. The molecule has 27 heavy (non-hydrogen) atoms. The number of anilines is 1. The average Bonchev–Trinajstić information content (AvgIpc) is 3.07. The van der Waals surface area contributed by atoms with Gasteiger partial charge in [-0.15, -0.1) is 0 Å². The van der Waals surface area contributed by atoms with Gasteiger partial charge in [-0.1, -0.05) is 25.3 Å². The van der Waals surface area contributed by atoms with Crippen LogP contribution in [0.4, 0.5) is 5.82 Å². The first-order valence-electron chi connectivity index (χ1n) is 9.68. The summed E-state index contributed by atoms with van der Waals surface area (Å²) in [4.78, 5) is 4.95. The van der Waals surface area contributed by atoms with Gasteiger partial charge in [-0.2, -0.15) is 0 Å². The van der Waals surface area contributed by atoms with Gasteiger partial charge in [-0.05, 0) is 44.0 Å². The molecule has 0 bridgehead atoms. The van der Waals surface area contributed by atoms with Gasteiger partial charge in [-0.3, -0.25) is 4.40 Å². The lowest BCUT2D eigenvalue weighted by molar-refractivity contribution is 0.395. The van der Waals surface area contributed by atoms with Crippen LogP contribution in [-0.2, 0) is 0 Å². The Hall–Kier alpha value is -2.69. The van der Waals surface area contributed by atoms with Crippen molar-refractivity contribution in [1.29, 1.82) is 0 Å². The molecule has 1 aromatic carbocycles. The van der Waals surface area contributed by atoms with E-state index < -0.39 is 0 Å². The van der Waals surface area contributed by atoms with Crippen LogP contribution in [0.2, 0.25) is 0 Å². The Balaban J connectivity index is 1.87. The van der Waals surface area contributed by atoms with Crippen LogP contribution in [0.3, 0.4) is 0 Å². The Labute approximate surface area is 160 Å². The monoisotopic (exact) mass is 365 g/mol. The number of nitrogens with one attached hydrogen (secondary N) is 1. The fourth-order valence-electron chi connectivity index (χ4n) is 4.01. The van der Waals surface area contributed by atoms with Crippen LogP contribution in [0.5, 0.6) is 11.5 Å². The number of pyridine rings is 1. The first-order chi connectivity index (χ1) is 13.2. The van der Waals surface area contributed by atoms with Gasteiger partial charge < -0.3 is 14.8 Å². The fraction of sp³-hybridized carbons (Fsp3) is 0.409.